The van der Waals surface area contributed by atoms with Crippen LogP contribution in [0.1, 0.15) is 5.56 Å². The van der Waals surface area contributed by atoms with Gasteiger partial charge in [0.1, 0.15) is 0 Å². The molecule has 0 aromatic heterocycles. The van der Waals surface area contributed by atoms with Crippen molar-refractivity contribution >= 4 is 17.7 Å². The van der Waals surface area contributed by atoms with Crippen LogP contribution in [0.3, 0.4) is 0 Å². The van der Waals surface area contributed by atoms with Crippen molar-refractivity contribution in [2.75, 3.05) is 5.32 Å². The van der Waals surface area contributed by atoms with E-state index in [-0.39, 0.29) is 5.75 Å². The second kappa shape index (κ2) is 3.65. The van der Waals surface area contributed by atoms with Crippen molar-refractivity contribution in [1.82, 2.24) is 0 Å². The van der Waals surface area contributed by atoms with Crippen molar-refractivity contribution in [3.8, 4) is 5.75 Å². The number of hydrogen-bond donors (Lipinski definition) is 1. The fourth-order valence-electron chi connectivity index (χ4n) is 1.45. The minimum Gasteiger partial charge on any atom is -0.421 e. The van der Waals surface area contributed by atoms with E-state index in [4.69, 9.17) is 4.74 Å². The van der Waals surface area contributed by atoms with Gasteiger partial charge in [0.2, 0.25) is 0 Å². The van der Waals surface area contributed by atoms with E-state index in [0.717, 1.165) is 0 Å². The number of anilines is 1. The Balaban J connectivity index is 2.45. The van der Waals surface area contributed by atoms with Crippen molar-refractivity contribution in [2.24, 2.45) is 0 Å². The van der Waals surface area contributed by atoms with Crippen molar-refractivity contribution in [3.63, 3.8) is 0 Å². The molecular weight excluding hydrogens is 212 g/mol. The molecule has 0 spiro atoms. The summed E-state index contributed by atoms with van der Waals surface area (Å²) in [6.45, 7) is 3.58. The van der Waals surface area contributed by atoms with E-state index in [2.05, 4.69) is 11.9 Å². The normalized spacial score (nSPS) is 18.0. The topological polar surface area (TPSA) is 81.5 Å². The summed E-state index contributed by atoms with van der Waals surface area (Å²) in [5.74, 6) is -0.509. The Labute approximate surface area is 90.7 Å². The molecule has 0 aliphatic carbocycles. The lowest BCUT2D eigenvalue weighted by Crippen LogP contribution is -2.42. The van der Waals surface area contributed by atoms with E-state index in [1.54, 1.807) is 18.2 Å². The van der Waals surface area contributed by atoms with Crippen molar-refractivity contribution in [3.05, 3.63) is 40.5 Å². The molecular formula is C10H8N2O4. The molecule has 1 amide bonds. The van der Waals surface area contributed by atoms with Gasteiger partial charge in [-0.25, -0.2) is 0 Å². The molecule has 0 fully saturated rings. The molecule has 1 aliphatic rings. The maximum Gasteiger partial charge on any atom is 0.433 e. The monoisotopic (exact) mass is 220 g/mol. The van der Waals surface area contributed by atoms with Gasteiger partial charge in [-0.2, -0.15) is 0 Å². The maximum atomic E-state index is 11.4. The third kappa shape index (κ3) is 1.50. The van der Waals surface area contributed by atoms with E-state index >= 15 is 0 Å². The molecule has 1 aromatic carbocycles. The van der Waals surface area contributed by atoms with Crippen LogP contribution in [0.5, 0.6) is 5.75 Å². The number of carbonyl (C=O) groups is 1. The van der Waals surface area contributed by atoms with Crippen LogP contribution < -0.4 is 10.1 Å². The van der Waals surface area contributed by atoms with Crippen molar-refractivity contribution in [1.29, 1.82) is 0 Å². The lowest BCUT2D eigenvalue weighted by atomic mass is 10.1. The van der Waals surface area contributed by atoms with Gasteiger partial charge in [-0.15, -0.1) is 0 Å². The minimum absolute atomic E-state index is 0.277. The van der Waals surface area contributed by atoms with Crippen LogP contribution >= 0.6 is 0 Å². The van der Waals surface area contributed by atoms with Crippen LogP contribution in [-0.4, -0.2) is 17.1 Å². The Morgan fingerprint density at radius 1 is 1.56 bits per heavy atom. The van der Waals surface area contributed by atoms with E-state index < -0.39 is 17.1 Å². The first-order valence-electron chi connectivity index (χ1n) is 4.50. The van der Waals surface area contributed by atoms with Crippen molar-refractivity contribution < 1.29 is 14.5 Å². The van der Waals surface area contributed by atoms with Gasteiger partial charge in [0.25, 0.3) is 0 Å². The van der Waals surface area contributed by atoms with Gasteiger partial charge in [-0.3, -0.25) is 14.9 Å². The van der Waals surface area contributed by atoms with Gasteiger partial charge in [0.15, 0.2) is 5.75 Å². The smallest absolute Gasteiger partial charge is 0.421 e. The molecule has 2 rings (SSSR count). The number of fused-ring (bicyclic) bond motifs is 1. The lowest BCUT2D eigenvalue weighted by molar-refractivity contribution is -0.545. The molecule has 82 valence electrons. The standard InChI is InChI=1S/C10H8N2O4/c1-2-6-4-3-5-7-8(6)11-9(13)10(16-7)12(14)15/h2-5,10H,1H2,(H,11,13). The largest absolute Gasteiger partial charge is 0.433 e. The van der Waals surface area contributed by atoms with Crippen LogP contribution in [0.4, 0.5) is 5.69 Å². The number of benzene rings is 1. The summed E-state index contributed by atoms with van der Waals surface area (Å²) in [4.78, 5) is 21.1. The number of amides is 1. The van der Waals surface area contributed by atoms with Gasteiger partial charge in [-0.1, -0.05) is 24.8 Å². The molecule has 0 bridgehead atoms. The van der Waals surface area contributed by atoms with E-state index in [1.165, 1.54) is 6.08 Å². The highest BCUT2D eigenvalue weighted by atomic mass is 16.7. The molecule has 1 unspecified atom stereocenters. The SMILES string of the molecule is C=Cc1cccc2c1NC(=O)C([N+](=O)[O-])O2. The Bertz CT molecular complexity index is 484. The molecule has 1 heterocycles. The van der Waals surface area contributed by atoms with Gasteiger partial charge < -0.3 is 10.1 Å². The number of carbonyl (C=O) groups excluding carboxylic acids is 1. The Hall–Kier alpha value is -2.37. The molecule has 0 saturated carbocycles. The Kier molecular flexibility index (Phi) is 2.32. The van der Waals surface area contributed by atoms with Gasteiger partial charge >= 0.3 is 12.1 Å². The average molecular weight is 220 g/mol. The van der Waals surface area contributed by atoms with E-state index in [1.807, 2.05) is 0 Å². The van der Waals surface area contributed by atoms with Crippen LogP contribution in [0.2, 0.25) is 0 Å². The first-order valence-corrected chi connectivity index (χ1v) is 4.50. The van der Waals surface area contributed by atoms with Crippen LogP contribution in [-0.2, 0) is 4.79 Å². The number of rotatable bonds is 2. The number of ether oxygens (including phenoxy) is 1. The first-order chi connectivity index (χ1) is 7.63. The van der Waals surface area contributed by atoms with E-state index in [9.17, 15) is 14.9 Å². The summed E-state index contributed by atoms with van der Waals surface area (Å²) in [5, 5.41) is 13.0. The van der Waals surface area contributed by atoms with Crippen LogP contribution in [0.15, 0.2) is 24.8 Å². The zero-order valence-corrected chi connectivity index (χ0v) is 8.17. The molecule has 6 heteroatoms. The number of nitro groups is 1. The van der Waals surface area contributed by atoms with Gasteiger partial charge in [0, 0.05) is 5.56 Å². The molecule has 1 atom stereocenters. The third-order valence-electron chi connectivity index (χ3n) is 2.18. The summed E-state index contributed by atoms with van der Waals surface area (Å²) in [7, 11) is 0. The summed E-state index contributed by atoms with van der Waals surface area (Å²) >= 11 is 0. The predicted octanol–water partition coefficient (Wildman–Crippen LogP) is 1.26. The summed E-state index contributed by atoms with van der Waals surface area (Å²) in [6.07, 6.45) is -0.151. The Morgan fingerprint density at radius 2 is 2.31 bits per heavy atom. The van der Waals surface area contributed by atoms with Crippen molar-refractivity contribution in [2.45, 2.75) is 6.23 Å². The second-order valence-corrected chi connectivity index (χ2v) is 3.17. The van der Waals surface area contributed by atoms with E-state index in [0.29, 0.717) is 11.3 Å². The summed E-state index contributed by atoms with van der Waals surface area (Å²) in [6, 6.07) is 4.95. The molecule has 1 N–H and O–H groups in total. The zero-order valence-electron chi connectivity index (χ0n) is 8.17. The molecule has 0 saturated heterocycles. The molecule has 1 aromatic rings. The predicted molar refractivity (Wildman–Crippen MR) is 56.6 cm³/mol. The molecule has 0 radical (unpaired) electrons. The quantitative estimate of drug-likeness (QED) is 0.601. The fraction of sp³-hybridized carbons (Fsp3) is 0.100. The lowest BCUT2D eigenvalue weighted by Gasteiger charge is -2.21. The van der Waals surface area contributed by atoms with Gasteiger partial charge in [-0.05, 0) is 6.07 Å². The molecule has 16 heavy (non-hydrogen) atoms. The highest BCUT2D eigenvalue weighted by Crippen LogP contribution is 2.33. The molecule has 6 nitrogen and oxygen atoms in total. The van der Waals surface area contributed by atoms with Crippen LogP contribution in [0, 0.1) is 10.1 Å². The highest BCUT2D eigenvalue weighted by Gasteiger charge is 2.37. The average Bonchev–Trinajstić information content (AvgIpc) is 2.27. The maximum absolute atomic E-state index is 11.4. The summed E-state index contributed by atoms with van der Waals surface area (Å²) < 4.78 is 4.99. The third-order valence-corrected chi connectivity index (χ3v) is 2.18. The molecule has 1 aliphatic heterocycles. The zero-order chi connectivity index (χ0) is 11.7. The number of nitrogens with one attached hydrogen (secondary N) is 1. The van der Waals surface area contributed by atoms with Gasteiger partial charge in [0.05, 0.1) is 10.6 Å². The Morgan fingerprint density at radius 3 is 2.94 bits per heavy atom. The number of nitrogens with zero attached hydrogens (tertiary/aromatic N) is 1. The fourth-order valence-corrected chi connectivity index (χ4v) is 1.45. The summed E-state index contributed by atoms with van der Waals surface area (Å²) in [5.41, 5.74) is 1.08. The van der Waals surface area contributed by atoms with Crippen LogP contribution in [0.25, 0.3) is 6.08 Å². The minimum atomic E-state index is -1.69. The second-order valence-electron chi connectivity index (χ2n) is 3.17. The first kappa shape index (κ1) is 10.2. The number of hydrogen-bond acceptors (Lipinski definition) is 4. The highest BCUT2D eigenvalue weighted by molar-refractivity contribution is 5.98. The number of para-hydroxylation sites is 1.